The molecule has 0 aliphatic heterocycles. The maximum absolute atomic E-state index is 8.88. The highest BCUT2D eigenvalue weighted by Gasteiger charge is 2.17. The fraction of sp³-hybridized carbons (Fsp3) is 0.500. The van der Waals surface area contributed by atoms with Gasteiger partial charge in [-0.05, 0) is 44.7 Å². The lowest BCUT2D eigenvalue weighted by molar-refractivity contribution is 0.154. The molecule has 3 heteroatoms. The van der Waals surface area contributed by atoms with Crippen molar-refractivity contribution in [2.75, 3.05) is 5.73 Å². The summed E-state index contributed by atoms with van der Waals surface area (Å²) in [5.41, 5.74) is 7.85. The zero-order valence-corrected chi connectivity index (χ0v) is 10.2. The Morgan fingerprint density at radius 3 is 2.65 bits per heavy atom. The summed E-state index contributed by atoms with van der Waals surface area (Å²) in [5.74, 6) is 0.827. The van der Waals surface area contributed by atoms with Crippen molar-refractivity contribution < 1.29 is 4.74 Å². The number of hydrogen-bond donors (Lipinski definition) is 1. The summed E-state index contributed by atoms with van der Waals surface area (Å²) in [4.78, 5) is 0. The molecule has 0 radical (unpaired) electrons. The van der Waals surface area contributed by atoms with Crippen LogP contribution in [-0.4, -0.2) is 6.10 Å². The van der Waals surface area contributed by atoms with Crippen LogP contribution in [0.1, 0.15) is 43.2 Å². The number of anilines is 1. The Morgan fingerprint density at radius 2 is 2.00 bits per heavy atom. The summed E-state index contributed by atoms with van der Waals surface area (Å²) in [6.45, 7) is 1.91. The van der Waals surface area contributed by atoms with E-state index < -0.39 is 0 Å². The minimum atomic E-state index is 0.315. The minimum Gasteiger partial charge on any atom is -0.490 e. The molecule has 1 saturated carbocycles. The number of rotatable bonds is 2. The van der Waals surface area contributed by atoms with E-state index in [2.05, 4.69) is 6.07 Å². The van der Waals surface area contributed by atoms with Crippen molar-refractivity contribution in [1.82, 2.24) is 0 Å². The Kier molecular flexibility index (Phi) is 3.53. The van der Waals surface area contributed by atoms with Crippen LogP contribution in [0.4, 0.5) is 5.69 Å². The molecule has 0 unspecified atom stereocenters. The molecule has 0 bridgehead atoms. The Balaban J connectivity index is 2.16. The molecule has 1 aromatic carbocycles. The number of ether oxygens (including phenoxy) is 1. The summed E-state index contributed by atoms with van der Waals surface area (Å²) in [7, 11) is 0. The minimum absolute atomic E-state index is 0.315. The van der Waals surface area contributed by atoms with Crippen LogP contribution in [0.5, 0.6) is 5.75 Å². The summed E-state index contributed by atoms with van der Waals surface area (Å²) < 4.78 is 5.98. The van der Waals surface area contributed by atoms with Crippen LogP contribution < -0.4 is 10.5 Å². The highest BCUT2D eigenvalue weighted by atomic mass is 16.5. The number of nitriles is 1. The Morgan fingerprint density at radius 1 is 1.29 bits per heavy atom. The lowest BCUT2D eigenvalue weighted by Gasteiger charge is -2.24. The largest absolute Gasteiger partial charge is 0.490 e. The van der Waals surface area contributed by atoms with Crippen LogP contribution in [0.2, 0.25) is 0 Å². The van der Waals surface area contributed by atoms with Crippen LogP contribution in [-0.2, 0) is 0 Å². The van der Waals surface area contributed by atoms with E-state index >= 15 is 0 Å². The molecule has 1 aliphatic carbocycles. The van der Waals surface area contributed by atoms with Crippen molar-refractivity contribution in [1.29, 1.82) is 5.26 Å². The van der Waals surface area contributed by atoms with E-state index in [0.717, 1.165) is 24.2 Å². The number of benzene rings is 1. The normalized spacial score (nSPS) is 16.5. The quantitative estimate of drug-likeness (QED) is 0.794. The topological polar surface area (TPSA) is 59.0 Å². The van der Waals surface area contributed by atoms with Gasteiger partial charge in [-0.3, -0.25) is 0 Å². The van der Waals surface area contributed by atoms with Gasteiger partial charge in [0, 0.05) is 5.56 Å². The average Bonchev–Trinajstić information content (AvgIpc) is 2.37. The van der Waals surface area contributed by atoms with Gasteiger partial charge in [-0.15, -0.1) is 0 Å². The van der Waals surface area contributed by atoms with Gasteiger partial charge in [0.05, 0.1) is 17.4 Å². The number of hydrogen-bond acceptors (Lipinski definition) is 3. The van der Waals surface area contributed by atoms with Gasteiger partial charge in [-0.2, -0.15) is 5.26 Å². The number of nitrogens with two attached hydrogens (primary N) is 1. The molecule has 3 nitrogen and oxygen atoms in total. The Bertz CT molecular complexity index is 442. The first-order valence-electron chi connectivity index (χ1n) is 6.18. The van der Waals surface area contributed by atoms with E-state index in [9.17, 15) is 0 Å². The van der Waals surface area contributed by atoms with Gasteiger partial charge < -0.3 is 10.5 Å². The van der Waals surface area contributed by atoms with Gasteiger partial charge in [-0.25, -0.2) is 0 Å². The second-order valence-corrected chi connectivity index (χ2v) is 4.64. The lowest BCUT2D eigenvalue weighted by atomic mass is 9.97. The van der Waals surface area contributed by atoms with Gasteiger partial charge in [0.15, 0.2) is 0 Å². The zero-order chi connectivity index (χ0) is 12.3. The summed E-state index contributed by atoms with van der Waals surface area (Å²) in [5, 5.41) is 8.88. The molecule has 2 N–H and O–H groups in total. The second-order valence-electron chi connectivity index (χ2n) is 4.64. The monoisotopic (exact) mass is 230 g/mol. The predicted octanol–water partition coefficient (Wildman–Crippen LogP) is 3.16. The van der Waals surface area contributed by atoms with Crippen molar-refractivity contribution in [2.45, 2.75) is 45.1 Å². The van der Waals surface area contributed by atoms with Gasteiger partial charge >= 0.3 is 0 Å². The van der Waals surface area contributed by atoms with Gasteiger partial charge in [0.2, 0.25) is 0 Å². The van der Waals surface area contributed by atoms with E-state index in [-0.39, 0.29) is 0 Å². The van der Waals surface area contributed by atoms with Crippen LogP contribution in [0.15, 0.2) is 12.1 Å². The molecule has 0 amide bonds. The second kappa shape index (κ2) is 5.09. The van der Waals surface area contributed by atoms with Crippen molar-refractivity contribution in [3.05, 3.63) is 23.3 Å². The van der Waals surface area contributed by atoms with Crippen molar-refractivity contribution in [2.24, 2.45) is 0 Å². The van der Waals surface area contributed by atoms with E-state index in [1.165, 1.54) is 19.3 Å². The molecule has 90 valence electrons. The molecule has 0 spiro atoms. The fourth-order valence-electron chi connectivity index (χ4n) is 2.30. The number of nitrogen functional groups attached to an aromatic ring is 1. The van der Waals surface area contributed by atoms with E-state index in [1.807, 2.05) is 13.0 Å². The number of nitrogens with zero attached hydrogens (tertiary/aromatic N) is 1. The van der Waals surface area contributed by atoms with Crippen molar-refractivity contribution >= 4 is 5.69 Å². The molecular weight excluding hydrogens is 212 g/mol. The first-order valence-corrected chi connectivity index (χ1v) is 6.18. The summed E-state index contributed by atoms with van der Waals surface area (Å²) >= 11 is 0. The van der Waals surface area contributed by atoms with Gasteiger partial charge in [-0.1, -0.05) is 6.42 Å². The third-order valence-corrected chi connectivity index (χ3v) is 3.43. The van der Waals surface area contributed by atoms with Gasteiger partial charge in [0.1, 0.15) is 11.8 Å². The Labute approximate surface area is 102 Å². The third kappa shape index (κ3) is 2.52. The molecule has 17 heavy (non-hydrogen) atoms. The summed E-state index contributed by atoms with van der Waals surface area (Å²) in [6, 6.07) is 5.68. The molecular formula is C14H18N2O. The SMILES string of the molecule is Cc1c(OC2CCCCC2)ccc(C#N)c1N. The molecule has 0 atom stereocenters. The van der Waals surface area contributed by atoms with E-state index in [1.54, 1.807) is 6.07 Å². The molecule has 0 saturated heterocycles. The van der Waals surface area contributed by atoms with E-state index in [0.29, 0.717) is 17.4 Å². The molecule has 1 aromatic rings. The maximum Gasteiger partial charge on any atom is 0.124 e. The van der Waals surface area contributed by atoms with Crippen LogP contribution in [0, 0.1) is 18.3 Å². The average molecular weight is 230 g/mol. The first-order chi connectivity index (χ1) is 8.22. The van der Waals surface area contributed by atoms with Crippen LogP contribution >= 0.6 is 0 Å². The van der Waals surface area contributed by atoms with Gasteiger partial charge in [0.25, 0.3) is 0 Å². The Hall–Kier alpha value is -1.69. The predicted molar refractivity (Wildman–Crippen MR) is 67.8 cm³/mol. The molecule has 0 aromatic heterocycles. The fourth-order valence-corrected chi connectivity index (χ4v) is 2.30. The molecule has 1 fully saturated rings. The lowest BCUT2D eigenvalue weighted by Crippen LogP contribution is -2.20. The highest BCUT2D eigenvalue weighted by Crippen LogP contribution is 2.30. The van der Waals surface area contributed by atoms with Crippen LogP contribution in [0.25, 0.3) is 0 Å². The van der Waals surface area contributed by atoms with Crippen molar-refractivity contribution in [3.63, 3.8) is 0 Å². The van der Waals surface area contributed by atoms with Crippen LogP contribution in [0.3, 0.4) is 0 Å². The maximum atomic E-state index is 8.88. The standard InChI is InChI=1S/C14H18N2O/c1-10-13(8-7-11(9-15)14(10)16)17-12-5-3-2-4-6-12/h7-8,12H,2-6,16H2,1H3. The highest BCUT2D eigenvalue weighted by molar-refractivity contribution is 5.63. The molecule has 1 aliphatic rings. The third-order valence-electron chi connectivity index (χ3n) is 3.43. The summed E-state index contributed by atoms with van der Waals surface area (Å²) in [6.07, 6.45) is 6.37. The first kappa shape index (κ1) is 11.8. The molecule has 0 heterocycles. The zero-order valence-electron chi connectivity index (χ0n) is 10.2. The van der Waals surface area contributed by atoms with E-state index in [4.69, 9.17) is 15.7 Å². The van der Waals surface area contributed by atoms with Crippen molar-refractivity contribution in [3.8, 4) is 11.8 Å². The smallest absolute Gasteiger partial charge is 0.124 e. The molecule has 2 rings (SSSR count).